The Bertz CT molecular complexity index is 477. The summed E-state index contributed by atoms with van der Waals surface area (Å²) in [5.41, 5.74) is 6.10. The fraction of sp³-hybridized carbons (Fsp3) is 0.385. The highest BCUT2D eigenvalue weighted by molar-refractivity contribution is 5.93. The molecule has 0 saturated heterocycles. The van der Waals surface area contributed by atoms with E-state index in [-0.39, 0.29) is 30.0 Å². The van der Waals surface area contributed by atoms with Gasteiger partial charge >= 0.3 is 0 Å². The van der Waals surface area contributed by atoms with Crippen molar-refractivity contribution in [2.75, 3.05) is 10.6 Å². The van der Waals surface area contributed by atoms with Crippen molar-refractivity contribution >= 4 is 23.2 Å². The van der Waals surface area contributed by atoms with Gasteiger partial charge in [0.2, 0.25) is 11.8 Å². The molecule has 1 aromatic rings. The lowest BCUT2D eigenvalue weighted by atomic mass is 10.1. The maximum Gasteiger partial charge on any atom is 0.226 e. The van der Waals surface area contributed by atoms with Gasteiger partial charge in [0.15, 0.2) is 0 Å². The Labute approximate surface area is 111 Å². The molecule has 1 unspecified atom stereocenters. The van der Waals surface area contributed by atoms with Crippen molar-refractivity contribution in [3.8, 4) is 0 Å². The normalized spacial score (nSPS) is 11.8. The van der Waals surface area contributed by atoms with Gasteiger partial charge in [0, 0.05) is 25.1 Å². The number of carbonyl (C=O) groups excluding carboxylic acids is 2. The van der Waals surface area contributed by atoms with E-state index in [9.17, 15) is 14.0 Å². The third-order valence-corrected chi connectivity index (χ3v) is 2.53. The number of hydrogen-bond donors (Lipinski definition) is 3. The van der Waals surface area contributed by atoms with Crippen molar-refractivity contribution in [3.63, 3.8) is 0 Å². The summed E-state index contributed by atoms with van der Waals surface area (Å²) in [4.78, 5) is 22.5. The Morgan fingerprint density at radius 3 is 2.63 bits per heavy atom. The first-order valence-electron chi connectivity index (χ1n) is 6.05. The summed E-state index contributed by atoms with van der Waals surface area (Å²) in [5.74, 6) is -1.18. The summed E-state index contributed by atoms with van der Waals surface area (Å²) < 4.78 is 13.5. The van der Waals surface area contributed by atoms with Crippen molar-refractivity contribution in [2.45, 2.75) is 32.7 Å². The number of amides is 2. The number of nitrogens with two attached hydrogens (primary N) is 1. The Morgan fingerprint density at radius 2 is 2.05 bits per heavy atom. The molecule has 6 heteroatoms. The summed E-state index contributed by atoms with van der Waals surface area (Å²) in [5, 5.41) is 4.96. The number of nitrogens with one attached hydrogen (secondary N) is 2. The van der Waals surface area contributed by atoms with Crippen LogP contribution in [-0.4, -0.2) is 17.9 Å². The van der Waals surface area contributed by atoms with Gasteiger partial charge in [-0.15, -0.1) is 0 Å². The molecule has 19 heavy (non-hydrogen) atoms. The van der Waals surface area contributed by atoms with Crippen LogP contribution in [0.15, 0.2) is 18.2 Å². The molecule has 0 aromatic heterocycles. The molecule has 0 radical (unpaired) electrons. The summed E-state index contributed by atoms with van der Waals surface area (Å²) in [6, 6.07) is 3.72. The molecule has 0 bridgehead atoms. The molecule has 0 spiro atoms. The predicted octanol–water partition coefficient (Wildman–Crippen LogP) is 1.85. The molecule has 0 fully saturated rings. The second-order valence-corrected chi connectivity index (χ2v) is 4.30. The maximum absolute atomic E-state index is 13.5. The number of anilines is 2. The molecule has 4 N–H and O–H groups in total. The van der Waals surface area contributed by atoms with E-state index in [1.165, 1.54) is 25.1 Å². The molecule has 1 aromatic carbocycles. The highest BCUT2D eigenvalue weighted by atomic mass is 19.1. The van der Waals surface area contributed by atoms with Gasteiger partial charge in [-0.25, -0.2) is 4.39 Å². The van der Waals surface area contributed by atoms with Gasteiger partial charge < -0.3 is 16.4 Å². The monoisotopic (exact) mass is 267 g/mol. The molecule has 0 heterocycles. The first-order chi connectivity index (χ1) is 8.92. The largest absolute Gasteiger partial charge is 0.327 e. The topological polar surface area (TPSA) is 84.2 Å². The first-order valence-corrected chi connectivity index (χ1v) is 6.05. The van der Waals surface area contributed by atoms with Crippen LogP contribution in [0.3, 0.4) is 0 Å². The molecular formula is C13H18FN3O2. The molecule has 1 rings (SSSR count). The van der Waals surface area contributed by atoms with Crippen LogP contribution >= 0.6 is 0 Å². The van der Waals surface area contributed by atoms with Crippen molar-refractivity contribution in [1.82, 2.24) is 0 Å². The van der Waals surface area contributed by atoms with Gasteiger partial charge in [-0.05, 0) is 24.6 Å². The van der Waals surface area contributed by atoms with Crippen LogP contribution in [0.5, 0.6) is 0 Å². The van der Waals surface area contributed by atoms with Gasteiger partial charge in [0.05, 0.1) is 5.69 Å². The fourth-order valence-electron chi connectivity index (χ4n) is 1.49. The van der Waals surface area contributed by atoms with Crippen molar-refractivity contribution in [1.29, 1.82) is 0 Å². The maximum atomic E-state index is 13.5. The van der Waals surface area contributed by atoms with E-state index in [2.05, 4.69) is 10.6 Å². The lowest BCUT2D eigenvalue weighted by Gasteiger charge is -2.11. The lowest BCUT2D eigenvalue weighted by molar-refractivity contribution is -0.116. The second-order valence-electron chi connectivity index (χ2n) is 4.30. The van der Waals surface area contributed by atoms with E-state index >= 15 is 0 Å². The van der Waals surface area contributed by atoms with Crippen LogP contribution in [0, 0.1) is 5.82 Å². The second kappa shape index (κ2) is 6.84. The molecule has 0 saturated carbocycles. The zero-order chi connectivity index (χ0) is 14.4. The fourth-order valence-corrected chi connectivity index (χ4v) is 1.49. The summed E-state index contributed by atoms with van der Waals surface area (Å²) in [7, 11) is 0. The van der Waals surface area contributed by atoms with E-state index < -0.39 is 5.82 Å². The minimum atomic E-state index is -0.562. The number of rotatable bonds is 5. The van der Waals surface area contributed by atoms with Crippen LogP contribution in [-0.2, 0) is 9.59 Å². The number of halogens is 1. The standard InChI is InChI=1S/C13H18FN3O2/c1-3-9(15)6-13(19)17-12-7-10(16-8(2)18)4-5-11(12)14/h4-5,7,9H,3,6,15H2,1-2H3,(H,16,18)(H,17,19). The van der Waals surface area contributed by atoms with E-state index in [4.69, 9.17) is 5.73 Å². The average molecular weight is 267 g/mol. The minimum Gasteiger partial charge on any atom is -0.327 e. The molecule has 104 valence electrons. The van der Waals surface area contributed by atoms with Gasteiger partial charge in [-0.3, -0.25) is 9.59 Å². The Morgan fingerprint density at radius 1 is 1.37 bits per heavy atom. The number of hydrogen-bond acceptors (Lipinski definition) is 3. The summed E-state index contributed by atoms with van der Waals surface area (Å²) in [6.07, 6.45) is 0.794. The van der Waals surface area contributed by atoms with Gasteiger partial charge in [0.1, 0.15) is 5.82 Å². The first kappa shape index (κ1) is 15.1. The van der Waals surface area contributed by atoms with Crippen LogP contribution < -0.4 is 16.4 Å². The quantitative estimate of drug-likeness (QED) is 0.761. The third kappa shape index (κ3) is 5.05. The van der Waals surface area contributed by atoms with Crippen molar-refractivity contribution in [3.05, 3.63) is 24.0 Å². The average Bonchev–Trinajstić information content (AvgIpc) is 2.32. The van der Waals surface area contributed by atoms with Crippen LogP contribution in [0.4, 0.5) is 15.8 Å². The van der Waals surface area contributed by atoms with Gasteiger partial charge in [-0.2, -0.15) is 0 Å². The van der Waals surface area contributed by atoms with Gasteiger partial charge in [0.25, 0.3) is 0 Å². The molecular weight excluding hydrogens is 249 g/mol. The molecule has 0 aliphatic rings. The van der Waals surface area contributed by atoms with Gasteiger partial charge in [-0.1, -0.05) is 6.92 Å². The van der Waals surface area contributed by atoms with E-state index in [1.54, 1.807) is 0 Å². The number of carbonyl (C=O) groups is 2. The minimum absolute atomic E-state index is 0.0274. The molecule has 1 atom stereocenters. The number of benzene rings is 1. The highest BCUT2D eigenvalue weighted by Crippen LogP contribution is 2.20. The zero-order valence-corrected chi connectivity index (χ0v) is 11.0. The third-order valence-electron chi connectivity index (χ3n) is 2.53. The lowest BCUT2D eigenvalue weighted by Crippen LogP contribution is -2.26. The molecule has 0 aliphatic carbocycles. The molecule has 2 amide bonds. The summed E-state index contributed by atoms with van der Waals surface area (Å²) >= 11 is 0. The van der Waals surface area contributed by atoms with Crippen molar-refractivity contribution in [2.24, 2.45) is 5.73 Å². The zero-order valence-electron chi connectivity index (χ0n) is 11.0. The molecule has 0 aliphatic heterocycles. The van der Waals surface area contributed by atoms with Crippen LogP contribution in [0.25, 0.3) is 0 Å². The molecule has 5 nitrogen and oxygen atoms in total. The van der Waals surface area contributed by atoms with Crippen molar-refractivity contribution < 1.29 is 14.0 Å². The van der Waals surface area contributed by atoms with E-state index in [0.29, 0.717) is 12.1 Å². The SMILES string of the molecule is CCC(N)CC(=O)Nc1cc(NC(C)=O)ccc1F. The highest BCUT2D eigenvalue weighted by Gasteiger charge is 2.11. The Hall–Kier alpha value is -1.95. The summed E-state index contributed by atoms with van der Waals surface area (Å²) in [6.45, 7) is 3.22. The van der Waals surface area contributed by atoms with Crippen LogP contribution in [0.2, 0.25) is 0 Å². The van der Waals surface area contributed by atoms with E-state index in [1.807, 2.05) is 6.92 Å². The Kier molecular flexibility index (Phi) is 5.44. The smallest absolute Gasteiger partial charge is 0.226 e. The van der Waals surface area contributed by atoms with E-state index in [0.717, 1.165) is 0 Å². The van der Waals surface area contributed by atoms with Crippen LogP contribution in [0.1, 0.15) is 26.7 Å². The Balaban J connectivity index is 2.76. The predicted molar refractivity (Wildman–Crippen MR) is 72.2 cm³/mol.